The van der Waals surface area contributed by atoms with E-state index in [0.29, 0.717) is 11.6 Å². The van der Waals surface area contributed by atoms with E-state index in [9.17, 15) is 4.79 Å². The highest BCUT2D eigenvalue weighted by Gasteiger charge is 2.20. The number of carbonyl (C=O) groups excluding carboxylic acids is 1. The molecule has 0 aliphatic heterocycles. The van der Waals surface area contributed by atoms with Gasteiger partial charge >= 0.3 is 0 Å². The molecule has 1 aromatic rings. The smallest absolute Gasteiger partial charge is 0.238 e. The molecule has 0 aliphatic carbocycles. The van der Waals surface area contributed by atoms with Gasteiger partial charge in [0.15, 0.2) is 0 Å². The van der Waals surface area contributed by atoms with Gasteiger partial charge in [-0.05, 0) is 30.2 Å². The molecule has 1 amide bonds. The largest absolute Gasteiger partial charge is 0.399 e. The molecule has 0 radical (unpaired) electrons. The normalized spacial score (nSPS) is 14.2. The van der Waals surface area contributed by atoms with Gasteiger partial charge in [-0.15, -0.1) is 0 Å². The summed E-state index contributed by atoms with van der Waals surface area (Å²) >= 11 is 3.40. The molecule has 0 heterocycles. The van der Waals surface area contributed by atoms with Gasteiger partial charge in [0, 0.05) is 11.4 Å². The third kappa shape index (κ3) is 3.52. The molecule has 1 rings (SSSR count). The lowest BCUT2D eigenvalue weighted by molar-refractivity contribution is -0.116. The molecule has 0 aromatic heterocycles. The molecule has 16 heavy (non-hydrogen) atoms. The summed E-state index contributed by atoms with van der Waals surface area (Å²) in [6, 6.07) is 7.12. The third-order valence-corrected chi connectivity index (χ3v) is 3.89. The topological polar surface area (TPSA) is 55.1 Å². The molecule has 1 aromatic carbocycles. The molecule has 3 N–H and O–H groups in total. The van der Waals surface area contributed by atoms with Gasteiger partial charge in [-0.1, -0.05) is 36.2 Å². The maximum atomic E-state index is 11.8. The number of halogens is 1. The first-order valence-electron chi connectivity index (χ1n) is 5.35. The van der Waals surface area contributed by atoms with E-state index >= 15 is 0 Å². The highest BCUT2D eigenvalue weighted by molar-refractivity contribution is 9.10. The van der Waals surface area contributed by atoms with Crippen molar-refractivity contribution >= 4 is 33.2 Å². The van der Waals surface area contributed by atoms with Gasteiger partial charge < -0.3 is 11.1 Å². The van der Waals surface area contributed by atoms with Gasteiger partial charge in [-0.3, -0.25) is 4.79 Å². The molecular weight excluding hydrogens is 268 g/mol. The number of nitrogens with one attached hydrogen (secondary N) is 1. The molecule has 2 atom stereocenters. The number of carbonyl (C=O) groups is 1. The number of hydrogen-bond donors (Lipinski definition) is 2. The SMILES string of the molecule is CCC(C)[C@H](Br)C(=O)Nc1ccc(N)cc1. The van der Waals surface area contributed by atoms with E-state index in [2.05, 4.69) is 28.2 Å². The van der Waals surface area contributed by atoms with Gasteiger partial charge in [0.2, 0.25) is 5.91 Å². The van der Waals surface area contributed by atoms with Crippen LogP contribution in [-0.2, 0) is 4.79 Å². The second kappa shape index (κ2) is 5.89. The highest BCUT2D eigenvalue weighted by atomic mass is 79.9. The zero-order valence-electron chi connectivity index (χ0n) is 9.53. The predicted octanol–water partition coefficient (Wildman–Crippen LogP) is 3.02. The fourth-order valence-corrected chi connectivity index (χ4v) is 1.73. The number of hydrogen-bond acceptors (Lipinski definition) is 2. The zero-order chi connectivity index (χ0) is 12.1. The van der Waals surface area contributed by atoms with Crippen molar-refractivity contribution in [3.63, 3.8) is 0 Å². The van der Waals surface area contributed by atoms with Crippen molar-refractivity contribution < 1.29 is 4.79 Å². The molecule has 0 saturated heterocycles. The van der Waals surface area contributed by atoms with Crippen molar-refractivity contribution in [2.24, 2.45) is 5.92 Å². The average Bonchev–Trinajstić information content (AvgIpc) is 2.30. The minimum atomic E-state index is -0.157. The van der Waals surface area contributed by atoms with Crippen LogP contribution < -0.4 is 11.1 Å². The molecule has 0 fully saturated rings. The van der Waals surface area contributed by atoms with E-state index in [1.807, 2.05) is 6.92 Å². The second-order valence-electron chi connectivity index (χ2n) is 3.90. The Morgan fingerprint density at radius 1 is 1.44 bits per heavy atom. The zero-order valence-corrected chi connectivity index (χ0v) is 11.1. The average molecular weight is 285 g/mol. The minimum absolute atomic E-state index is 0.0147. The Hall–Kier alpha value is -1.03. The van der Waals surface area contributed by atoms with Crippen molar-refractivity contribution in [2.45, 2.75) is 25.1 Å². The maximum Gasteiger partial charge on any atom is 0.238 e. The summed E-state index contributed by atoms with van der Waals surface area (Å²) in [6.07, 6.45) is 0.963. The number of benzene rings is 1. The van der Waals surface area contributed by atoms with E-state index in [4.69, 9.17) is 5.73 Å². The Morgan fingerprint density at radius 2 is 2.00 bits per heavy atom. The fourth-order valence-electron chi connectivity index (χ4n) is 1.24. The molecule has 1 unspecified atom stereocenters. The molecule has 3 nitrogen and oxygen atoms in total. The Bertz CT molecular complexity index is 351. The van der Waals surface area contributed by atoms with Gasteiger partial charge in [0.1, 0.15) is 0 Å². The first-order valence-corrected chi connectivity index (χ1v) is 6.26. The fraction of sp³-hybridized carbons (Fsp3) is 0.417. The summed E-state index contributed by atoms with van der Waals surface area (Å²) < 4.78 is 0. The van der Waals surface area contributed by atoms with Crippen molar-refractivity contribution in [1.29, 1.82) is 0 Å². The Labute approximate surface area is 105 Å². The second-order valence-corrected chi connectivity index (χ2v) is 4.89. The standard InChI is InChI=1S/C12H17BrN2O/c1-3-8(2)11(13)12(16)15-10-6-4-9(14)5-7-10/h4-8,11H,3,14H2,1-2H3,(H,15,16)/t8?,11-/m0/s1. The molecule has 0 bridgehead atoms. The van der Waals surface area contributed by atoms with E-state index in [-0.39, 0.29) is 10.7 Å². The number of anilines is 2. The van der Waals surface area contributed by atoms with Crippen LogP contribution in [0.2, 0.25) is 0 Å². The van der Waals surface area contributed by atoms with Crippen LogP contribution in [0, 0.1) is 5.92 Å². The minimum Gasteiger partial charge on any atom is -0.399 e. The number of nitrogen functional groups attached to an aromatic ring is 1. The summed E-state index contributed by atoms with van der Waals surface area (Å²) in [5.74, 6) is 0.299. The van der Waals surface area contributed by atoms with E-state index in [1.165, 1.54) is 0 Å². The summed E-state index contributed by atoms with van der Waals surface area (Å²) in [4.78, 5) is 11.7. The monoisotopic (exact) mass is 284 g/mol. The van der Waals surface area contributed by atoms with E-state index in [1.54, 1.807) is 24.3 Å². The number of nitrogens with two attached hydrogens (primary N) is 1. The lowest BCUT2D eigenvalue weighted by Crippen LogP contribution is -2.28. The molecule has 4 heteroatoms. The highest BCUT2D eigenvalue weighted by Crippen LogP contribution is 2.19. The Kier molecular flexibility index (Phi) is 4.80. The van der Waals surface area contributed by atoms with Crippen LogP contribution in [0.1, 0.15) is 20.3 Å². The Morgan fingerprint density at radius 3 is 2.50 bits per heavy atom. The van der Waals surface area contributed by atoms with E-state index in [0.717, 1.165) is 12.1 Å². The van der Waals surface area contributed by atoms with Gasteiger partial charge in [0.05, 0.1) is 4.83 Å². The van der Waals surface area contributed by atoms with Crippen molar-refractivity contribution in [2.75, 3.05) is 11.1 Å². The van der Waals surface area contributed by atoms with Crippen LogP contribution in [0.5, 0.6) is 0 Å². The van der Waals surface area contributed by atoms with Crippen LogP contribution in [0.4, 0.5) is 11.4 Å². The quantitative estimate of drug-likeness (QED) is 0.660. The summed E-state index contributed by atoms with van der Waals surface area (Å²) in [5, 5.41) is 2.84. The predicted molar refractivity (Wildman–Crippen MR) is 71.7 cm³/mol. The number of alkyl halides is 1. The molecule has 0 aliphatic rings. The van der Waals surface area contributed by atoms with Crippen LogP contribution in [-0.4, -0.2) is 10.7 Å². The van der Waals surface area contributed by atoms with Crippen LogP contribution in [0.3, 0.4) is 0 Å². The van der Waals surface area contributed by atoms with Gasteiger partial charge in [-0.25, -0.2) is 0 Å². The van der Waals surface area contributed by atoms with Gasteiger partial charge in [-0.2, -0.15) is 0 Å². The molecule has 0 spiro atoms. The number of rotatable bonds is 4. The summed E-state index contributed by atoms with van der Waals surface area (Å²) in [7, 11) is 0. The maximum absolute atomic E-state index is 11.8. The molecule has 0 saturated carbocycles. The van der Waals surface area contributed by atoms with Crippen LogP contribution in [0.15, 0.2) is 24.3 Å². The lowest BCUT2D eigenvalue weighted by Gasteiger charge is -2.16. The van der Waals surface area contributed by atoms with Crippen molar-refractivity contribution in [1.82, 2.24) is 0 Å². The summed E-state index contributed by atoms with van der Waals surface area (Å²) in [6.45, 7) is 4.11. The lowest BCUT2D eigenvalue weighted by atomic mass is 10.0. The van der Waals surface area contributed by atoms with Crippen molar-refractivity contribution in [3.8, 4) is 0 Å². The summed E-state index contributed by atoms with van der Waals surface area (Å²) in [5.41, 5.74) is 7.03. The van der Waals surface area contributed by atoms with E-state index < -0.39 is 0 Å². The van der Waals surface area contributed by atoms with Crippen LogP contribution >= 0.6 is 15.9 Å². The van der Waals surface area contributed by atoms with Gasteiger partial charge in [0.25, 0.3) is 0 Å². The number of amides is 1. The Balaban J connectivity index is 2.60. The third-order valence-electron chi connectivity index (χ3n) is 2.57. The van der Waals surface area contributed by atoms with Crippen LogP contribution in [0.25, 0.3) is 0 Å². The first-order chi connectivity index (χ1) is 7.54. The molecular formula is C12H17BrN2O. The molecule has 88 valence electrons. The van der Waals surface area contributed by atoms with Crippen molar-refractivity contribution in [3.05, 3.63) is 24.3 Å². The first kappa shape index (κ1) is 13.0.